The highest BCUT2D eigenvalue weighted by Gasteiger charge is 2.26. The van der Waals surface area contributed by atoms with Crippen LogP contribution >= 0.6 is 0 Å². The minimum Gasteiger partial charge on any atom is -0.396 e. The van der Waals surface area contributed by atoms with Crippen LogP contribution < -0.4 is 5.32 Å². The fraction of sp³-hybridized carbons (Fsp3) is 1.00. The molecule has 0 spiro atoms. The Labute approximate surface area is 87.5 Å². The smallest absolute Gasteiger partial charge is 0.0445 e. The molecule has 3 heteroatoms. The summed E-state index contributed by atoms with van der Waals surface area (Å²) in [4.78, 5) is 2.39. The number of likely N-dealkylation sites (N-methyl/N-ethyl adjacent to an activating group) is 1. The molecule has 14 heavy (non-hydrogen) atoms. The molecule has 84 valence electrons. The number of likely N-dealkylation sites (tertiary alicyclic amines) is 1. The van der Waals surface area contributed by atoms with E-state index in [1.54, 1.807) is 0 Å². The van der Waals surface area contributed by atoms with Gasteiger partial charge in [0.1, 0.15) is 0 Å². The van der Waals surface area contributed by atoms with Crippen molar-refractivity contribution in [2.45, 2.75) is 51.2 Å². The molecule has 3 nitrogen and oxygen atoms in total. The maximum absolute atomic E-state index is 8.90. The maximum atomic E-state index is 8.90. The van der Waals surface area contributed by atoms with Crippen LogP contribution in [0.15, 0.2) is 0 Å². The van der Waals surface area contributed by atoms with Crippen molar-refractivity contribution < 1.29 is 5.11 Å². The Kier molecular flexibility index (Phi) is 4.85. The van der Waals surface area contributed by atoms with Crippen molar-refractivity contribution in [1.82, 2.24) is 10.2 Å². The molecule has 0 aromatic rings. The lowest BCUT2D eigenvalue weighted by Crippen LogP contribution is -2.39. The molecule has 1 rings (SSSR count). The predicted octanol–water partition coefficient (Wildman–Crippen LogP) is 0.830. The largest absolute Gasteiger partial charge is 0.396 e. The fourth-order valence-electron chi connectivity index (χ4n) is 2.21. The molecule has 0 aromatic carbocycles. The van der Waals surface area contributed by atoms with Crippen LogP contribution in [0.1, 0.15) is 33.1 Å². The third kappa shape index (κ3) is 3.23. The van der Waals surface area contributed by atoms with Crippen molar-refractivity contribution in [3.05, 3.63) is 0 Å². The molecule has 3 atom stereocenters. The van der Waals surface area contributed by atoms with Crippen molar-refractivity contribution in [3.8, 4) is 0 Å². The summed E-state index contributed by atoms with van der Waals surface area (Å²) in [5.41, 5.74) is 0. The summed E-state index contributed by atoms with van der Waals surface area (Å²) in [6.07, 6.45) is 3.22. The Hall–Kier alpha value is -0.120. The third-order valence-corrected chi connectivity index (χ3v) is 3.33. The highest BCUT2D eigenvalue weighted by atomic mass is 16.3. The Morgan fingerprint density at radius 2 is 2.29 bits per heavy atom. The summed E-state index contributed by atoms with van der Waals surface area (Å²) < 4.78 is 0. The molecule has 0 aliphatic carbocycles. The summed E-state index contributed by atoms with van der Waals surface area (Å²) in [7, 11) is 2.18. The van der Waals surface area contributed by atoms with Crippen molar-refractivity contribution in [2.75, 3.05) is 20.2 Å². The molecule has 0 radical (unpaired) electrons. The summed E-state index contributed by atoms with van der Waals surface area (Å²) >= 11 is 0. The van der Waals surface area contributed by atoms with Crippen LogP contribution in [0.4, 0.5) is 0 Å². The van der Waals surface area contributed by atoms with Gasteiger partial charge in [-0.1, -0.05) is 6.92 Å². The van der Waals surface area contributed by atoms with Crippen LogP contribution in [0.3, 0.4) is 0 Å². The van der Waals surface area contributed by atoms with Gasteiger partial charge in [-0.25, -0.2) is 0 Å². The van der Waals surface area contributed by atoms with Gasteiger partial charge < -0.3 is 15.3 Å². The van der Waals surface area contributed by atoms with E-state index in [1.165, 1.54) is 6.42 Å². The van der Waals surface area contributed by atoms with Gasteiger partial charge in [0.25, 0.3) is 0 Å². The first kappa shape index (κ1) is 12.0. The van der Waals surface area contributed by atoms with Crippen LogP contribution in [0, 0.1) is 0 Å². The van der Waals surface area contributed by atoms with Crippen molar-refractivity contribution in [1.29, 1.82) is 0 Å². The molecule has 2 N–H and O–H groups in total. The minimum atomic E-state index is 0.295. The van der Waals surface area contributed by atoms with Crippen LogP contribution in [0.5, 0.6) is 0 Å². The zero-order valence-corrected chi connectivity index (χ0v) is 9.66. The Balaban J connectivity index is 2.29. The molecular formula is C11H24N2O. The maximum Gasteiger partial charge on any atom is 0.0445 e. The average Bonchev–Trinajstić information content (AvgIpc) is 2.45. The lowest BCUT2D eigenvalue weighted by molar-refractivity contribution is 0.254. The summed E-state index contributed by atoms with van der Waals surface area (Å²) in [6, 6.07) is 1.80. The minimum absolute atomic E-state index is 0.295. The Bertz CT molecular complexity index is 153. The quantitative estimate of drug-likeness (QED) is 0.690. The molecular weight excluding hydrogens is 176 g/mol. The van der Waals surface area contributed by atoms with Crippen molar-refractivity contribution in [3.63, 3.8) is 0 Å². The highest BCUT2D eigenvalue weighted by Crippen LogP contribution is 2.16. The lowest BCUT2D eigenvalue weighted by Gasteiger charge is -2.20. The molecule has 1 aliphatic heterocycles. The van der Waals surface area contributed by atoms with E-state index in [0.29, 0.717) is 24.7 Å². The van der Waals surface area contributed by atoms with E-state index in [9.17, 15) is 0 Å². The van der Waals surface area contributed by atoms with Crippen molar-refractivity contribution >= 4 is 0 Å². The normalized spacial score (nSPS) is 30.9. The van der Waals surface area contributed by atoms with Gasteiger partial charge in [0, 0.05) is 31.3 Å². The Morgan fingerprint density at radius 3 is 2.71 bits per heavy atom. The number of aliphatic hydroxyl groups is 1. The summed E-state index contributed by atoms with van der Waals surface area (Å²) in [5, 5.41) is 12.5. The van der Waals surface area contributed by atoms with E-state index in [0.717, 1.165) is 19.4 Å². The first-order valence-corrected chi connectivity index (χ1v) is 5.74. The number of nitrogens with zero attached hydrogens (tertiary/aromatic N) is 1. The molecule has 1 aliphatic rings. The summed E-state index contributed by atoms with van der Waals surface area (Å²) in [6.45, 7) is 5.89. The molecule has 1 fully saturated rings. The molecule has 3 unspecified atom stereocenters. The van der Waals surface area contributed by atoms with E-state index in [4.69, 9.17) is 5.11 Å². The molecule has 0 bridgehead atoms. The fourth-order valence-corrected chi connectivity index (χ4v) is 2.21. The second kappa shape index (κ2) is 5.69. The van der Waals surface area contributed by atoms with Gasteiger partial charge in [-0.2, -0.15) is 0 Å². The predicted molar refractivity (Wildman–Crippen MR) is 59.4 cm³/mol. The zero-order chi connectivity index (χ0) is 10.6. The van der Waals surface area contributed by atoms with Crippen LogP contribution in [0.25, 0.3) is 0 Å². The van der Waals surface area contributed by atoms with E-state index in [-0.39, 0.29) is 0 Å². The zero-order valence-electron chi connectivity index (χ0n) is 9.66. The van der Waals surface area contributed by atoms with Crippen LogP contribution in [-0.4, -0.2) is 48.3 Å². The van der Waals surface area contributed by atoms with Crippen molar-refractivity contribution in [2.24, 2.45) is 0 Å². The number of nitrogens with one attached hydrogen (secondary N) is 1. The van der Waals surface area contributed by atoms with Gasteiger partial charge in [-0.3, -0.25) is 0 Å². The SMILES string of the molecule is CCC(CCO)NC1CC(C)N(C)C1. The molecule has 0 saturated carbocycles. The number of rotatable bonds is 5. The first-order chi connectivity index (χ1) is 6.67. The van der Waals surface area contributed by atoms with Gasteiger partial charge in [0.05, 0.1) is 0 Å². The van der Waals surface area contributed by atoms with Gasteiger partial charge in [0.2, 0.25) is 0 Å². The van der Waals surface area contributed by atoms with Crippen LogP contribution in [0.2, 0.25) is 0 Å². The Morgan fingerprint density at radius 1 is 1.57 bits per heavy atom. The standard InChI is InChI=1S/C11H24N2O/c1-4-10(5-6-14)12-11-7-9(2)13(3)8-11/h9-12,14H,4-8H2,1-3H3. The average molecular weight is 200 g/mol. The van der Waals surface area contributed by atoms with Gasteiger partial charge in [-0.05, 0) is 33.2 Å². The number of hydrogen-bond donors (Lipinski definition) is 2. The van der Waals surface area contributed by atoms with E-state index in [2.05, 4.69) is 31.1 Å². The van der Waals surface area contributed by atoms with Crippen LogP contribution in [-0.2, 0) is 0 Å². The lowest BCUT2D eigenvalue weighted by atomic mass is 10.1. The number of hydrogen-bond acceptors (Lipinski definition) is 3. The number of aliphatic hydroxyl groups excluding tert-OH is 1. The monoisotopic (exact) mass is 200 g/mol. The second-order valence-corrected chi connectivity index (χ2v) is 4.51. The molecule has 1 heterocycles. The van der Waals surface area contributed by atoms with Gasteiger partial charge >= 0.3 is 0 Å². The molecule has 1 saturated heterocycles. The van der Waals surface area contributed by atoms with Gasteiger partial charge in [-0.15, -0.1) is 0 Å². The highest BCUT2D eigenvalue weighted by molar-refractivity contribution is 4.86. The molecule has 0 aromatic heterocycles. The summed E-state index contributed by atoms with van der Waals surface area (Å²) in [5.74, 6) is 0. The first-order valence-electron chi connectivity index (χ1n) is 5.74. The van der Waals surface area contributed by atoms with E-state index in [1.807, 2.05) is 0 Å². The van der Waals surface area contributed by atoms with Gasteiger partial charge in [0.15, 0.2) is 0 Å². The molecule has 0 amide bonds. The third-order valence-electron chi connectivity index (χ3n) is 3.33. The second-order valence-electron chi connectivity index (χ2n) is 4.51. The van der Waals surface area contributed by atoms with E-state index < -0.39 is 0 Å². The van der Waals surface area contributed by atoms with E-state index >= 15 is 0 Å². The topological polar surface area (TPSA) is 35.5 Å².